The number of nitrogens with zero attached hydrogens (tertiary/aromatic N) is 2. The second kappa shape index (κ2) is 5.04. The normalized spacial score (nSPS) is 20.6. The van der Waals surface area contributed by atoms with E-state index >= 15 is 0 Å². The summed E-state index contributed by atoms with van der Waals surface area (Å²) in [7, 11) is 0. The zero-order chi connectivity index (χ0) is 15.2. The van der Waals surface area contributed by atoms with Crippen molar-refractivity contribution in [2.24, 2.45) is 11.0 Å². The Bertz CT molecular complexity index is 573. The van der Waals surface area contributed by atoms with Gasteiger partial charge in [-0.15, -0.1) is 0 Å². The van der Waals surface area contributed by atoms with Crippen LogP contribution in [0, 0.1) is 12.8 Å². The van der Waals surface area contributed by atoms with E-state index in [9.17, 15) is 13.2 Å². The van der Waals surface area contributed by atoms with Crippen LogP contribution in [-0.2, 0) is 6.18 Å². The number of halogens is 3. The monoisotopic (exact) mass is 296 g/mol. The molecule has 0 N–H and O–H groups in total. The second-order valence-corrected chi connectivity index (χ2v) is 6.02. The SMILES string of the molecule is Cc1cc(C(F)(F)F)ccc1C(C)N1CCC(C2CC2)=N1. The van der Waals surface area contributed by atoms with E-state index in [1.807, 2.05) is 11.9 Å². The average Bonchev–Trinajstić information content (AvgIpc) is 3.15. The number of rotatable bonds is 3. The molecule has 2 aliphatic rings. The first-order valence-electron chi connectivity index (χ1n) is 7.38. The molecule has 1 aromatic carbocycles. The first-order valence-corrected chi connectivity index (χ1v) is 7.38. The highest BCUT2D eigenvalue weighted by Crippen LogP contribution is 2.37. The fraction of sp³-hybridized carbons (Fsp3) is 0.562. The van der Waals surface area contributed by atoms with Crippen molar-refractivity contribution in [1.29, 1.82) is 0 Å². The maximum Gasteiger partial charge on any atom is 0.416 e. The van der Waals surface area contributed by atoms with Gasteiger partial charge in [0.25, 0.3) is 0 Å². The molecule has 1 aliphatic heterocycles. The van der Waals surface area contributed by atoms with E-state index in [4.69, 9.17) is 0 Å². The van der Waals surface area contributed by atoms with Gasteiger partial charge < -0.3 is 0 Å². The third-order valence-electron chi connectivity index (χ3n) is 4.40. The molecule has 1 aromatic rings. The fourth-order valence-electron chi connectivity index (χ4n) is 2.96. The minimum absolute atomic E-state index is 0.0172. The molecule has 0 bridgehead atoms. The summed E-state index contributed by atoms with van der Waals surface area (Å²) in [6.07, 6.45) is -0.813. The van der Waals surface area contributed by atoms with Crippen molar-refractivity contribution >= 4 is 5.71 Å². The van der Waals surface area contributed by atoms with Crippen LogP contribution in [0.4, 0.5) is 13.2 Å². The van der Waals surface area contributed by atoms with E-state index in [2.05, 4.69) is 5.10 Å². The zero-order valence-corrected chi connectivity index (χ0v) is 12.2. The Hall–Kier alpha value is -1.52. The molecule has 1 fully saturated rings. The number of aryl methyl sites for hydroxylation is 1. The third-order valence-corrected chi connectivity index (χ3v) is 4.40. The maximum atomic E-state index is 12.7. The fourth-order valence-corrected chi connectivity index (χ4v) is 2.96. The lowest BCUT2D eigenvalue weighted by atomic mass is 9.99. The maximum absolute atomic E-state index is 12.7. The van der Waals surface area contributed by atoms with Crippen LogP contribution in [0.3, 0.4) is 0 Å². The smallest absolute Gasteiger partial charge is 0.290 e. The van der Waals surface area contributed by atoms with E-state index < -0.39 is 11.7 Å². The van der Waals surface area contributed by atoms with Gasteiger partial charge in [0, 0.05) is 18.7 Å². The van der Waals surface area contributed by atoms with Gasteiger partial charge in [-0.2, -0.15) is 18.3 Å². The van der Waals surface area contributed by atoms with E-state index in [0.29, 0.717) is 11.5 Å². The molecule has 21 heavy (non-hydrogen) atoms. The van der Waals surface area contributed by atoms with Gasteiger partial charge in [-0.1, -0.05) is 6.07 Å². The molecule has 1 aliphatic carbocycles. The summed E-state index contributed by atoms with van der Waals surface area (Å²) < 4.78 is 38.1. The van der Waals surface area contributed by atoms with Crippen molar-refractivity contribution in [3.05, 3.63) is 34.9 Å². The molecule has 0 spiro atoms. The summed E-state index contributed by atoms with van der Waals surface area (Å²) in [4.78, 5) is 0. The summed E-state index contributed by atoms with van der Waals surface area (Å²) in [6, 6.07) is 4.00. The van der Waals surface area contributed by atoms with Gasteiger partial charge in [0.15, 0.2) is 0 Å². The molecule has 1 unspecified atom stereocenters. The molecule has 3 rings (SSSR count). The largest absolute Gasteiger partial charge is 0.416 e. The predicted octanol–water partition coefficient (Wildman–Crippen LogP) is 4.55. The number of hydrogen-bond donors (Lipinski definition) is 0. The minimum Gasteiger partial charge on any atom is -0.290 e. The lowest BCUT2D eigenvalue weighted by Gasteiger charge is -2.25. The number of hydrazone groups is 1. The molecule has 0 saturated heterocycles. The Kier molecular flexibility index (Phi) is 3.46. The van der Waals surface area contributed by atoms with Gasteiger partial charge in [-0.25, -0.2) is 0 Å². The van der Waals surface area contributed by atoms with E-state index in [1.165, 1.54) is 30.7 Å². The summed E-state index contributed by atoms with van der Waals surface area (Å²) >= 11 is 0. The summed E-state index contributed by atoms with van der Waals surface area (Å²) in [6.45, 7) is 4.62. The first-order chi connectivity index (χ1) is 9.86. The van der Waals surface area contributed by atoms with Crippen LogP contribution in [0.1, 0.15) is 48.9 Å². The van der Waals surface area contributed by atoms with Gasteiger partial charge in [-0.3, -0.25) is 5.01 Å². The molecule has 1 saturated carbocycles. The molecule has 2 nitrogen and oxygen atoms in total. The van der Waals surface area contributed by atoms with Crippen LogP contribution in [0.25, 0.3) is 0 Å². The van der Waals surface area contributed by atoms with Gasteiger partial charge in [0.05, 0.1) is 11.6 Å². The topological polar surface area (TPSA) is 15.6 Å². The Morgan fingerprint density at radius 2 is 2.00 bits per heavy atom. The molecule has 1 atom stereocenters. The standard InChI is InChI=1S/C16H19F3N2/c1-10-9-13(16(17,18)19)5-6-14(10)11(2)21-8-7-15(20-21)12-3-4-12/h5-6,9,11-12H,3-4,7-8H2,1-2H3. The Morgan fingerprint density at radius 1 is 1.29 bits per heavy atom. The predicted molar refractivity (Wildman–Crippen MR) is 76.1 cm³/mol. The highest BCUT2D eigenvalue weighted by Gasteiger charge is 2.33. The number of alkyl halides is 3. The first kappa shape index (κ1) is 14.4. The molecule has 1 heterocycles. The summed E-state index contributed by atoms with van der Waals surface area (Å²) in [5, 5.41) is 6.68. The van der Waals surface area contributed by atoms with Crippen molar-refractivity contribution in [2.45, 2.75) is 45.3 Å². The minimum atomic E-state index is -4.28. The summed E-state index contributed by atoms with van der Waals surface area (Å²) in [5.41, 5.74) is 2.28. The summed E-state index contributed by atoms with van der Waals surface area (Å²) in [5.74, 6) is 0.663. The molecule has 0 aromatic heterocycles. The Morgan fingerprint density at radius 3 is 2.57 bits per heavy atom. The van der Waals surface area contributed by atoms with Gasteiger partial charge in [0.1, 0.15) is 0 Å². The molecule has 0 amide bonds. The van der Waals surface area contributed by atoms with Crippen LogP contribution >= 0.6 is 0 Å². The lowest BCUT2D eigenvalue weighted by molar-refractivity contribution is -0.137. The quantitative estimate of drug-likeness (QED) is 0.799. The lowest BCUT2D eigenvalue weighted by Crippen LogP contribution is -2.20. The molecule has 5 heteroatoms. The van der Waals surface area contributed by atoms with Crippen LogP contribution in [-0.4, -0.2) is 17.3 Å². The van der Waals surface area contributed by atoms with E-state index in [0.717, 1.165) is 18.5 Å². The zero-order valence-electron chi connectivity index (χ0n) is 12.2. The van der Waals surface area contributed by atoms with Crippen LogP contribution in [0.5, 0.6) is 0 Å². The highest BCUT2D eigenvalue weighted by molar-refractivity contribution is 5.89. The van der Waals surface area contributed by atoms with Crippen molar-refractivity contribution in [2.75, 3.05) is 6.54 Å². The van der Waals surface area contributed by atoms with Gasteiger partial charge >= 0.3 is 6.18 Å². The molecular weight excluding hydrogens is 277 g/mol. The van der Waals surface area contributed by atoms with Crippen molar-refractivity contribution in [1.82, 2.24) is 5.01 Å². The van der Waals surface area contributed by atoms with Crippen molar-refractivity contribution in [3.63, 3.8) is 0 Å². The van der Waals surface area contributed by atoms with Gasteiger partial charge in [-0.05, 0) is 55.9 Å². The van der Waals surface area contributed by atoms with E-state index in [-0.39, 0.29) is 6.04 Å². The van der Waals surface area contributed by atoms with Crippen LogP contribution in [0.15, 0.2) is 23.3 Å². The van der Waals surface area contributed by atoms with Crippen LogP contribution < -0.4 is 0 Å². The molecular formula is C16H19F3N2. The van der Waals surface area contributed by atoms with Gasteiger partial charge in [0.2, 0.25) is 0 Å². The number of benzene rings is 1. The van der Waals surface area contributed by atoms with Crippen molar-refractivity contribution in [3.8, 4) is 0 Å². The average molecular weight is 296 g/mol. The molecule has 114 valence electrons. The Labute approximate surface area is 122 Å². The Balaban J connectivity index is 1.80. The molecule has 0 radical (unpaired) electrons. The second-order valence-electron chi connectivity index (χ2n) is 6.02. The number of hydrogen-bond acceptors (Lipinski definition) is 2. The van der Waals surface area contributed by atoms with Crippen molar-refractivity contribution < 1.29 is 13.2 Å². The van der Waals surface area contributed by atoms with Crippen LogP contribution in [0.2, 0.25) is 0 Å². The third kappa shape index (κ3) is 2.92. The highest BCUT2D eigenvalue weighted by atomic mass is 19.4. The van der Waals surface area contributed by atoms with E-state index in [1.54, 1.807) is 13.0 Å².